The molecule has 0 spiro atoms. The molecule has 31 heavy (non-hydrogen) atoms. The first-order valence-corrected chi connectivity index (χ1v) is 12.1. The highest BCUT2D eigenvalue weighted by molar-refractivity contribution is 7.87. The van der Waals surface area contributed by atoms with Crippen molar-refractivity contribution >= 4 is 44.8 Å². The Bertz CT molecular complexity index is 1010. The van der Waals surface area contributed by atoms with E-state index in [0.717, 1.165) is 5.56 Å². The van der Waals surface area contributed by atoms with E-state index in [1.165, 1.54) is 4.31 Å². The van der Waals surface area contributed by atoms with Gasteiger partial charge in [0.1, 0.15) is 4.99 Å². The molecule has 10 heteroatoms. The number of hydrogen-bond acceptors (Lipinski definition) is 5. The number of carbonyl (C=O) groups is 1. The molecule has 2 aromatic carbocycles. The topological polar surface area (TPSA) is 98.7 Å². The number of hydrogen-bond donors (Lipinski definition) is 3. The fraction of sp³-hybridized carbons (Fsp3) is 0.333. The molecular formula is C21H24ClN3O4S2. The Morgan fingerprint density at radius 2 is 1.74 bits per heavy atom. The van der Waals surface area contributed by atoms with Gasteiger partial charge in [-0.25, -0.2) is 0 Å². The molecule has 0 amide bonds. The van der Waals surface area contributed by atoms with Crippen LogP contribution in [0.5, 0.6) is 0 Å². The molecule has 1 heterocycles. The van der Waals surface area contributed by atoms with Crippen LogP contribution in [0.25, 0.3) is 0 Å². The lowest BCUT2D eigenvalue weighted by Crippen LogP contribution is -2.53. The third-order valence-electron chi connectivity index (χ3n) is 5.29. The van der Waals surface area contributed by atoms with E-state index >= 15 is 0 Å². The number of halogens is 1. The van der Waals surface area contributed by atoms with E-state index < -0.39 is 16.3 Å². The minimum absolute atomic E-state index is 0.00529. The van der Waals surface area contributed by atoms with Gasteiger partial charge in [-0.15, -0.1) is 0 Å². The second-order valence-electron chi connectivity index (χ2n) is 7.39. The average Bonchev–Trinajstić information content (AvgIpc) is 2.79. The fourth-order valence-electron chi connectivity index (χ4n) is 3.58. The largest absolute Gasteiger partial charge is 0.294 e. The van der Waals surface area contributed by atoms with Gasteiger partial charge in [0.25, 0.3) is 10.2 Å². The summed E-state index contributed by atoms with van der Waals surface area (Å²) in [5, 5.41) is 9.79. The van der Waals surface area contributed by atoms with E-state index in [4.69, 9.17) is 23.8 Å². The van der Waals surface area contributed by atoms with Gasteiger partial charge in [-0.05, 0) is 49.1 Å². The van der Waals surface area contributed by atoms with Gasteiger partial charge < -0.3 is 0 Å². The number of nitrogens with one attached hydrogen (secondary N) is 2. The molecule has 1 aliphatic heterocycles. The number of Topliss-reactive ketones (excluding diaryl/α,β-unsaturated/α-hetero) is 1. The summed E-state index contributed by atoms with van der Waals surface area (Å²) >= 11 is 11.0. The van der Waals surface area contributed by atoms with Crippen molar-refractivity contribution in [1.82, 2.24) is 14.5 Å². The van der Waals surface area contributed by atoms with Gasteiger partial charge in [0, 0.05) is 29.6 Å². The van der Waals surface area contributed by atoms with Crippen LogP contribution in [0, 0.1) is 5.92 Å². The third-order valence-corrected chi connectivity index (χ3v) is 7.55. The van der Waals surface area contributed by atoms with Gasteiger partial charge in [-0.2, -0.15) is 17.4 Å². The van der Waals surface area contributed by atoms with Crippen LogP contribution < -0.4 is 10.2 Å². The van der Waals surface area contributed by atoms with Crippen LogP contribution in [-0.4, -0.2) is 47.8 Å². The van der Waals surface area contributed by atoms with Crippen molar-refractivity contribution in [2.75, 3.05) is 13.1 Å². The zero-order valence-corrected chi connectivity index (χ0v) is 19.1. The summed E-state index contributed by atoms with van der Waals surface area (Å²) in [6.07, 6.45) is 1.14. The highest BCUT2D eigenvalue weighted by atomic mass is 35.5. The lowest BCUT2D eigenvalue weighted by atomic mass is 9.90. The Morgan fingerprint density at radius 3 is 2.32 bits per heavy atom. The molecular weight excluding hydrogens is 458 g/mol. The van der Waals surface area contributed by atoms with Crippen molar-refractivity contribution in [2.45, 2.75) is 25.3 Å². The number of ketones is 1. The lowest BCUT2D eigenvalue weighted by Gasteiger charge is -2.32. The van der Waals surface area contributed by atoms with Gasteiger partial charge >= 0.3 is 0 Å². The molecule has 1 fully saturated rings. The minimum Gasteiger partial charge on any atom is -0.294 e. The smallest absolute Gasteiger partial charge is 0.280 e. The Labute approximate surface area is 192 Å². The highest BCUT2D eigenvalue weighted by Crippen LogP contribution is 2.24. The first-order chi connectivity index (χ1) is 14.8. The summed E-state index contributed by atoms with van der Waals surface area (Å²) in [7, 11) is -3.86. The van der Waals surface area contributed by atoms with Crippen LogP contribution in [0.4, 0.5) is 0 Å². The molecule has 0 aromatic heterocycles. The van der Waals surface area contributed by atoms with Gasteiger partial charge in [0.15, 0.2) is 5.78 Å². The molecule has 2 aromatic rings. The van der Waals surface area contributed by atoms with Gasteiger partial charge in [0.2, 0.25) is 0 Å². The van der Waals surface area contributed by atoms with Crippen molar-refractivity contribution in [1.29, 1.82) is 0 Å². The van der Waals surface area contributed by atoms with Gasteiger partial charge in [-0.3, -0.25) is 15.5 Å². The SMILES string of the molecule is O=C(c1ccc(Cl)cc1)C1CCN(S(=O)(=O)NC(Cc2ccccc2)C(=S)NO)CC1. The van der Waals surface area contributed by atoms with E-state index in [1.807, 2.05) is 35.8 Å². The van der Waals surface area contributed by atoms with E-state index in [-0.39, 0.29) is 36.2 Å². The van der Waals surface area contributed by atoms with E-state index in [1.54, 1.807) is 24.3 Å². The molecule has 0 saturated carbocycles. The zero-order valence-electron chi connectivity index (χ0n) is 16.7. The summed E-state index contributed by atoms with van der Waals surface area (Å²) in [5.41, 5.74) is 3.34. The van der Waals surface area contributed by atoms with E-state index in [9.17, 15) is 18.4 Å². The van der Waals surface area contributed by atoms with Crippen LogP contribution in [0.1, 0.15) is 28.8 Å². The number of hydroxylamine groups is 1. The van der Waals surface area contributed by atoms with Gasteiger partial charge in [-0.1, -0.05) is 54.2 Å². The van der Waals surface area contributed by atoms with Crippen molar-refractivity contribution < 1.29 is 18.4 Å². The fourth-order valence-corrected chi connectivity index (χ4v) is 5.32. The second-order valence-corrected chi connectivity index (χ2v) is 9.96. The molecule has 0 radical (unpaired) electrons. The minimum atomic E-state index is -3.86. The summed E-state index contributed by atoms with van der Waals surface area (Å²) in [4.78, 5) is 12.7. The first-order valence-electron chi connectivity index (χ1n) is 9.85. The lowest BCUT2D eigenvalue weighted by molar-refractivity contribution is 0.0874. The number of carbonyl (C=O) groups excluding carboxylic acids is 1. The van der Waals surface area contributed by atoms with E-state index in [2.05, 4.69) is 4.72 Å². The van der Waals surface area contributed by atoms with Gasteiger partial charge in [0.05, 0.1) is 6.04 Å². The predicted octanol–water partition coefficient (Wildman–Crippen LogP) is 2.99. The number of benzene rings is 2. The molecule has 3 rings (SSSR count). The van der Waals surface area contributed by atoms with Crippen LogP contribution in [0.3, 0.4) is 0 Å². The van der Waals surface area contributed by atoms with Crippen molar-refractivity contribution in [3.8, 4) is 0 Å². The number of piperidine rings is 1. The molecule has 1 unspecified atom stereocenters. The summed E-state index contributed by atoms with van der Waals surface area (Å²) in [6, 6.07) is 15.2. The zero-order chi connectivity index (χ0) is 22.4. The highest BCUT2D eigenvalue weighted by Gasteiger charge is 2.33. The average molecular weight is 482 g/mol. The molecule has 0 bridgehead atoms. The maximum Gasteiger partial charge on any atom is 0.280 e. The Balaban J connectivity index is 1.63. The molecule has 7 nitrogen and oxygen atoms in total. The Kier molecular flexibility index (Phi) is 8.15. The molecule has 1 atom stereocenters. The normalized spacial score (nSPS) is 16.6. The maximum absolute atomic E-state index is 12.9. The first kappa shape index (κ1) is 23.8. The van der Waals surface area contributed by atoms with Crippen molar-refractivity contribution in [2.24, 2.45) is 5.92 Å². The van der Waals surface area contributed by atoms with Crippen LogP contribution in [0.15, 0.2) is 54.6 Å². The standard InChI is InChI=1S/C21H24ClN3O4S2/c22-18-8-6-16(7-9-18)20(26)17-10-12-25(13-11-17)31(28,29)24-19(21(30)23-27)14-15-4-2-1-3-5-15/h1-9,17,19,24,27H,10-14H2,(H,23,30). The number of thiocarbonyl (C=S) groups is 1. The maximum atomic E-state index is 12.9. The third kappa shape index (κ3) is 6.31. The van der Waals surface area contributed by atoms with E-state index in [0.29, 0.717) is 23.4 Å². The molecule has 0 aliphatic carbocycles. The van der Waals surface area contributed by atoms with Crippen LogP contribution >= 0.6 is 23.8 Å². The molecule has 1 saturated heterocycles. The number of rotatable bonds is 8. The molecule has 166 valence electrons. The predicted molar refractivity (Wildman–Crippen MR) is 124 cm³/mol. The number of nitrogens with zero attached hydrogens (tertiary/aromatic N) is 1. The van der Waals surface area contributed by atoms with Crippen LogP contribution in [-0.2, 0) is 16.6 Å². The second kappa shape index (κ2) is 10.6. The monoisotopic (exact) mass is 481 g/mol. The summed E-state index contributed by atoms with van der Waals surface area (Å²) < 4.78 is 29.8. The van der Waals surface area contributed by atoms with Crippen molar-refractivity contribution in [3.63, 3.8) is 0 Å². The summed E-state index contributed by atoms with van der Waals surface area (Å²) in [6.45, 7) is 0.438. The molecule has 1 aliphatic rings. The summed E-state index contributed by atoms with van der Waals surface area (Å²) in [5.74, 6) is -0.248. The quantitative estimate of drug-likeness (QED) is 0.304. The Hall–Kier alpha value is -1.88. The van der Waals surface area contributed by atoms with Crippen molar-refractivity contribution in [3.05, 3.63) is 70.7 Å². The Morgan fingerprint density at radius 1 is 1.13 bits per heavy atom. The molecule has 3 N–H and O–H groups in total. The van der Waals surface area contributed by atoms with Crippen LogP contribution in [0.2, 0.25) is 5.02 Å².